The van der Waals surface area contributed by atoms with Crippen LogP contribution in [0.4, 0.5) is 0 Å². The van der Waals surface area contributed by atoms with E-state index < -0.39 is 6.10 Å². The summed E-state index contributed by atoms with van der Waals surface area (Å²) in [4.78, 5) is 24.5. The fraction of sp³-hybridized carbons (Fsp3) is 0.841. The maximum atomic E-state index is 12.3. The molecule has 5 nitrogen and oxygen atoms in total. The van der Waals surface area contributed by atoms with Crippen LogP contribution in [-0.2, 0) is 19.1 Å². The molecule has 0 heterocycles. The zero-order valence-corrected chi connectivity index (χ0v) is 45.6. The van der Waals surface area contributed by atoms with Crippen LogP contribution in [0.25, 0.3) is 0 Å². The van der Waals surface area contributed by atoms with Gasteiger partial charge in [0.25, 0.3) is 0 Å². The number of hydrogen-bond acceptors (Lipinski definition) is 5. The van der Waals surface area contributed by atoms with Crippen LogP contribution < -0.4 is 0 Å². The Morgan fingerprint density at radius 1 is 0.353 bits per heavy atom. The SMILES string of the molecule is CC/C=C\C/C=C\C/C=C\C/C=C\CCCCCCCCC(=O)OC(CO)COC(=O)CCCCCCCCCCCCCCCCCCCCCCCCCCCCCCCCCCCCC. The molecule has 68 heavy (non-hydrogen) atoms. The first-order valence-electron chi connectivity index (χ1n) is 30.2. The molecular weight excluding hydrogens is 837 g/mol. The lowest BCUT2D eigenvalue weighted by Crippen LogP contribution is -2.28. The minimum absolute atomic E-state index is 0.0694. The first kappa shape index (κ1) is 65.9. The van der Waals surface area contributed by atoms with E-state index >= 15 is 0 Å². The minimum Gasteiger partial charge on any atom is -0.462 e. The zero-order chi connectivity index (χ0) is 49.2. The lowest BCUT2D eigenvalue weighted by atomic mass is 10.0. The molecule has 0 aliphatic rings. The molecule has 0 bridgehead atoms. The monoisotopic (exact) mass is 953 g/mol. The second kappa shape index (κ2) is 59.2. The van der Waals surface area contributed by atoms with E-state index in [1.807, 2.05) is 0 Å². The highest BCUT2D eigenvalue weighted by Gasteiger charge is 2.16. The summed E-state index contributed by atoms with van der Waals surface area (Å²) in [6.45, 7) is 4.06. The smallest absolute Gasteiger partial charge is 0.306 e. The summed E-state index contributed by atoms with van der Waals surface area (Å²) in [5.41, 5.74) is 0. The summed E-state index contributed by atoms with van der Waals surface area (Å²) in [5, 5.41) is 9.65. The van der Waals surface area contributed by atoms with Crippen LogP contribution in [0, 0.1) is 0 Å². The number of ether oxygens (including phenoxy) is 2. The van der Waals surface area contributed by atoms with E-state index in [0.29, 0.717) is 12.8 Å². The molecule has 0 radical (unpaired) electrons. The maximum absolute atomic E-state index is 12.3. The van der Waals surface area contributed by atoms with Gasteiger partial charge in [0.05, 0.1) is 6.61 Å². The standard InChI is InChI=1S/C63H116O5/c1-3-5-7-9-11-13-15-17-19-21-23-24-25-26-27-28-29-30-31-32-33-34-35-36-37-38-40-41-43-45-47-49-51-53-55-57-62(65)67-60-61(59-64)68-63(66)58-56-54-52-50-48-46-44-42-39-22-20-18-16-14-12-10-8-6-4-2/h6,8,12,14,18,20,39,42,61,64H,3-5,7,9-11,13,15-17,19,21-38,40-41,43-60H2,1-2H3/b8-6-,14-12-,20-18-,42-39-. The number of rotatable bonds is 56. The third kappa shape index (κ3) is 56.4. The number of aliphatic hydroxyl groups is 1. The van der Waals surface area contributed by atoms with Crippen LogP contribution in [0.1, 0.15) is 322 Å². The van der Waals surface area contributed by atoms with Gasteiger partial charge in [-0.1, -0.05) is 306 Å². The van der Waals surface area contributed by atoms with Crippen molar-refractivity contribution >= 4 is 11.9 Å². The Morgan fingerprint density at radius 2 is 0.632 bits per heavy atom. The van der Waals surface area contributed by atoms with Gasteiger partial charge in [-0.05, 0) is 51.4 Å². The molecule has 1 atom stereocenters. The molecule has 0 aliphatic carbocycles. The topological polar surface area (TPSA) is 72.8 Å². The van der Waals surface area contributed by atoms with Crippen LogP contribution in [-0.4, -0.2) is 36.4 Å². The maximum Gasteiger partial charge on any atom is 0.306 e. The molecule has 0 saturated carbocycles. The Labute approximate surface area is 424 Å². The number of unbranched alkanes of at least 4 members (excludes halogenated alkanes) is 40. The van der Waals surface area contributed by atoms with Gasteiger partial charge in [0.2, 0.25) is 0 Å². The van der Waals surface area contributed by atoms with Crippen molar-refractivity contribution < 1.29 is 24.2 Å². The fourth-order valence-corrected chi connectivity index (χ4v) is 9.14. The summed E-state index contributed by atoms with van der Waals surface area (Å²) >= 11 is 0. The van der Waals surface area contributed by atoms with Crippen molar-refractivity contribution in [1.29, 1.82) is 0 Å². The summed E-state index contributed by atoms with van der Waals surface area (Å²) in [5.74, 6) is -0.594. The van der Waals surface area contributed by atoms with Gasteiger partial charge < -0.3 is 14.6 Å². The third-order valence-corrected chi connectivity index (χ3v) is 13.6. The van der Waals surface area contributed by atoms with Crippen molar-refractivity contribution in [2.75, 3.05) is 13.2 Å². The van der Waals surface area contributed by atoms with E-state index in [1.54, 1.807) is 0 Å². The minimum atomic E-state index is -0.780. The third-order valence-electron chi connectivity index (χ3n) is 13.6. The average Bonchev–Trinajstić information content (AvgIpc) is 3.34. The molecular formula is C63H116O5. The quantitative estimate of drug-likeness (QED) is 0.0374. The molecule has 0 aliphatic heterocycles. The largest absolute Gasteiger partial charge is 0.462 e. The summed E-state index contributed by atoms with van der Waals surface area (Å²) in [6, 6.07) is 0. The Kier molecular flexibility index (Phi) is 57.3. The van der Waals surface area contributed by atoms with Crippen molar-refractivity contribution in [3.63, 3.8) is 0 Å². The Balaban J connectivity index is 3.40. The van der Waals surface area contributed by atoms with E-state index in [0.717, 1.165) is 70.6 Å². The molecule has 0 spiro atoms. The Morgan fingerprint density at radius 3 is 0.956 bits per heavy atom. The highest BCUT2D eigenvalue weighted by atomic mass is 16.6. The van der Waals surface area contributed by atoms with Crippen LogP contribution in [0.5, 0.6) is 0 Å². The van der Waals surface area contributed by atoms with Gasteiger partial charge in [0.1, 0.15) is 6.61 Å². The molecule has 5 heteroatoms. The predicted octanol–water partition coefficient (Wildman–Crippen LogP) is 20.4. The van der Waals surface area contributed by atoms with Crippen molar-refractivity contribution in [3.8, 4) is 0 Å². The highest BCUT2D eigenvalue weighted by Crippen LogP contribution is 2.18. The van der Waals surface area contributed by atoms with Gasteiger partial charge >= 0.3 is 11.9 Å². The molecule has 0 saturated heterocycles. The van der Waals surface area contributed by atoms with Crippen molar-refractivity contribution in [2.45, 2.75) is 328 Å². The van der Waals surface area contributed by atoms with Gasteiger partial charge in [-0.2, -0.15) is 0 Å². The highest BCUT2D eigenvalue weighted by molar-refractivity contribution is 5.70. The summed E-state index contributed by atoms with van der Waals surface area (Å²) in [6.07, 6.45) is 78.3. The second-order valence-electron chi connectivity index (χ2n) is 20.4. The van der Waals surface area contributed by atoms with Gasteiger partial charge in [0, 0.05) is 12.8 Å². The molecule has 398 valence electrons. The molecule has 1 N–H and O–H groups in total. The first-order valence-corrected chi connectivity index (χ1v) is 30.2. The Hall–Kier alpha value is -2.14. The number of carbonyl (C=O) groups excluding carboxylic acids is 2. The summed E-state index contributed by atoms with van der Waals surface area (Å²) in [7, 11) is 0. The van der Waals surface area contributed by atoms with E-state index in [1.165, 1.54) is 225 Å². The van der Waals surface area contributed by atoms with E-state index in [2.05, 4.69) is 62.5 Å². The number of carbonyl (C=O) groups is 2. The molecule has 0 aromatic carbocycles. The van der Waals surface area contributed by atoms with Crippen molar-refractivity contribution in [1.82, 2.24) is 0 Å². The van der Waals surface area contributed by atoms with Crippen molar-refractivity contribution in [2.24, 2.45) is 0 Å². The first-order chi connectivity index (χ1) is 33.6. The second-order valence-corrected chi connectivity index (χ2v) is 20.4. The van der Waals surface area contributed by atoms with Gasteiger partial charge in [-0.3, -0.25) is 9.59 Å². The number of esters is 2. The molecule has 0 amide bonds. The normalized spacial score (nSPS) is 12.5. The van der Waals surface area contributed by atoms with E-state index in [4.69, 9.17) is 9.47 Å². The van der Waals surface area contributed by atoms with Crippen LogP contribution in [0.2, 0.25) is 0 Å². The van der Waals surface area contributed by atoms with Crippen LogP contribution in [0.15, 0.2) is 48.6 Å². The van der Waals surface area contributed by atoms with Gasteiger partial charge in [-0.25, -0.2) is 0 Å². The van der Waals surface area contributed by atoms with Crippen molar-refractivity contribution in [3.05, 3.63) is 48.6 Å². The van der Waals surface area contributed by atoms with Crippen LogP contribution in [0.3, 0.4) is 0 Å². The fourth-order valence-electron chi connectivity index (χ4n) is 9.14. The van der Waals surface area contributed by atoms with Crippen LogP contribution >= 0.6 is 0 Å². The van der Waals surface area contributed by atoms with Gasteiger partial charge in [0.15, 0.2) is 6.10 Å². The summed E-state index contributed by atoms with van der Waals surface area (Å²) < 4.78 is 10.7. The molecule has 0 rings (SSSR count). The average molecular weight is 954 g/mol. The number of aliphatic hydroxyl groups excluding tert-OH is 1. The zero-order valence-electron chi connectivity index (χ0n) is 45.6. The number of hydrogen-bond donors (Lipinski definition) is 1. The molecule has 0 fully saturated rings. The molecule has 1 unspecified atom stereocenters. The molecule has 0 aromatic rings. The van der Waals surface area contributed by atoms with E-state index in [9.17, 15) is 14.7 Å². The lowest BCUT2D eigenvalue weighted by Gasteiger charge is -2.15. The van der Waals surface area contributed by atoms with Gasteiger partial charge in [-0.15, -0.1) is 0 Å². The van der Waals surface area contributed by atoms with E-state index in [-0.39, 0.29) is 25.2 Å². The Bertz CT molecular complexity index is 1120. The molecule has 0 aromatic heterocycles. The predicted molar refractivity (Wildman–Crippen MR) is 297 cm³/mol. The lowest BCUT2D eigenvalue weighted by molar-refractivity contribution is -0.161. The number of allylic oxidation sites excluding steroid dienone is 8.